The quantitative estimate of drug-likeness (QED) is 0.538. The third-order valence-electron chi connectivity index (χ3n) is 5.62. The number of nitrogens with zero attached hydrogens (tertiary/aromatic N) is 1. The highest BCUT2D eigenvalue weighted by Crippen LogP contribution is 2.37. The number of methoxy groups -OCH3 is 2. The van der Waals surface area contributed by atoms with E-state index in [1.807, 2.05) is 18.2 Å². The van der Waals surface area contributed by atoms with Crippen molar-refractivity contribution in [3.63, 3.8) is 0 Å². The van der Waals surface area contributed by atoms with Crippen LogP contribution in [0, 0.1) is 5.92 Å². The molecule has 1 saturated carbocycles. The third-order valence-corrected chi connectivity index (χ3v) is 5.62. The van der Waals surface area contributed by atoms with Gasteiger partial charge in [0.15, 0.2) is 17.5 Å². The average Bonchev–Trinajstić information content (AvgIpc) is 2.70. The van der Waals surface area contributed by atoms with Crippen molar-refractivity contribution >= 4 is 5.96 Å². The summed E-state index contributed by atoms with van der Waals surface area (Å²) in [6.45, 7) is 4.80. The molecule has 1 fully saturated rings. The fourth-order valence-electron chi connectivity index (χ4n) is 3.62. The van der Waals surface area contributed by atoms with Crippen molar-refractivity contribution in [1.29, 1.82) is 0 Å². The predicted octanol–water partition coefficient (Wildman–Crippen LogP) is 4.27. The Morgan fingerprint density at radius 2 is 1.69 bits per heavy atom. The topological polar surface area (TPSA) is 54.9 Å². The zero-order valence-electron chi connectivity index (χ0n) is 17.8. The van der Waals surface area contributed by atoms with Crippen molar-refractivity contribution in [2.45, 2.75) is 57.2 Å². The highest BCUT2D eigenvalue weighted by atomic mass is 19.4. The first-order valence-electron chi connectivity index (χ1n) is 9.87. The van der Waals surface area contributed by atoms with Crippen LogP contribution >= 0.6 is 0 Å². The monoisotopic (exact) mass is 415 g/mol. The molecule has 0 radical (unpaired) electrons. The lowest BCUT2D eigenvalue weighted by atomic mass is 9.84. The van der Waals surface area contributed by atoms with Crippen molar-refractivity contribution in [3.8, 4) is 11.5 Å². The summed E-state index contributed by atoms with van der Waals surface area (Å²) in [6.07, 6.45) is -2.78. The predicted molar refractivity (Wildman–Crippen MR) is 109 cm³/mol. The van der Waals surface area contributed by atoms with Crippen LogP contribution in [0.1, 0.15) is 45.1 Å². The second kappa shape index (κ2) is 9.59. The Balaban J connectivity index is 1.93. The van der Waals surface area contributed by atoms with E-state index in [4.69, 9.17) is 9.47 Å². The SMILES string of the molecule is CN=C(NCC(C)(C)c1ccc(OC)c(OC)c1)NC1CCC(C(F)(F)F)CC1. The minimum absolute atomic E-state index is 0.00370. The molecule has 0 bridgehead atoms. The molecule has 0 amide bonds. The van der Waals surface area contributed by atoms with Gasteiger partial charge < -0.3 is 20.1 Å². The highest BCUT2D eigenvalue weighted by Gasteiger charge is 2.41. The first-order chi connectivity index (χ1) is 13.6. The van der Waals surface area contributed by atoms with Crippen LogP contribution in [-0.2, 0) is 5.41 Å². The van der Waals surface area contributed by atoms with E-state index in [0.717, 1.165) is 5.56 Å². The Kier molecular flexibility index (Phi) is 7.66. The lowest BCUT2D eigenvalue weighted by Gasteiger charge is -2.32. The van der Waals surface area contributed by atoms with Gasteiger partial charge in [-0.3, -0.25) is 4.99 Å². The fraction of sp³-hybridized carbons (Fsp3) is 0.667. The number of rotatable bonds is 6. The fourth-order valence-corrected chi connectivity index (χ4v) is 3.62. The van der Waals surface area contributed by atoms with Crippen LogP contribution in [0.5, 0.6) is 11.5 Å². The molecule has 0 aliphatic heterocycles. The molecule has 0 atom stereocenters. The summed E-state index contributed by atoms with van der Waals surface area (Å²) >= 11 is 0. The van der Waals surface area contributed by atoms with Crippen LogP contribution < -0.4 is 20.1 Å². The number of aliphatic imine (C=N–C) groups is 1. The molecular formula is C21H32F3N3O2. The summed E-state index contributed by atoms with van der Waals surface area (Å²) in [6, 6.07) is 5.83. The Hall–Kier alpha value is -2.12. The maximum Gasteiger partial charge on any atom is 0.391 e. The molecule has 2 rings (SSSR count). The number of nitrogens with one attached hydrogen (secondary N) is 2. The van der Waals surface area contributed by atoms with Gasteiger partial charge in [-0.05, 0) is 43.4 Å². The largest absolute Gasteiger partial charge is 0.493 e. The summed E-state index contributed by atoms with van der Waals surface area (Å²) in [5.74, 6) is 0.766. The molecule has 2 N–H and O–H groups in total. The van der Waals surface area contributed by atoms with E-state index in [0.29, 0.717) is 36.8 Å². The van der Waals surface area contributed by atoms with Crippen LogP contribution in [0.15, 0.2) is 23.2 Å². The van der Waals surface area contributed by atoms with E-state index in [9.17, 15) is 13.2 Å². The molecule has 0 spiro atoms. The van der Waals surface area contributed by atoms with Crippen LogP contribution in [0.2, 0.25) is 0 Å². The highest BCUT2D eigenvalue weighted by molar-refractivity contribution is 5.80. The molecular weight excluding hydrogens is 383 g/mol. The Morgan fingerprint density at radius 3 is 2.21 bits per heavy atom. The molecule has 1 aliphatic carbocycles. The van der Waals surface area contributed by atoms with E-state index in [-0.39, 0.29) is 24.3 Å². The number of halogens is 3. The zero-order chi connectivity index (χ0) is 21.7. The molecule has 29 heavy (non-hydrogen) atoms. The van der Waals surface area contributed by atoms with Crippen molar-refractivity contribution in [2.75, 3.05) is 27.8 Å². The Bertz CT molecular complexity index is 697. The second-order valence-electron chi connectivity index (χ2n) is 8.11. The smallest absolute Gasteiger partial charge is 0.391 e. The van der Waals surface area contributed by atoms with Crippen molar-refractivity contribution in [1.82, 2.24) is 10.6 Å². The number of hydrogen-bond acceptors (Lipinski definition) is 3. The number of benzene rings is 1. The maximum atomic E-state index is 12.8. The molecule has 8 heteroatoms. The van der Waals surface area contributed by atoms with Gasteiger partial charge >= 0.3 is 6.18 Å². The molecule has 5 nitrogen and oxygen atoms in total. The van der Waals surface area contributed by atoms with E-state index in [1.165, 1.54) is 0 Å². The molecule has 0 aromatic heterocycles. The lowest BCUT2D eigenvalue weighted by molar-refractivity contribution is -0.182. The first kappa shape index (κ1) is 23.2. The van der Waals surface area contributed by atoms with Gasteiger partial charge in [0.05, 0.1) is 20.1 Å². The Labute approximate surface area is 171 Å². The molecule has 164 valence electrons. The van der Waals surface area contributed by atoms with Gasteiger partial charge in [-0.2, -0.15) is 13.2 Å². The summed E-state index contributed by atoms with van der Waals surface area (Å²) < 4.78 is 49.2. The van der Waals surface area contributed by atoms with Gasteiger partial charge in [-0.25, -0.2) is 0 Å². The number of alkyl halides is 3. The number of hydrogen-bond donors (Lipinski definition) is 2. The van der Waals surface area contributed by atoms with Gasteiger partial charge in [0, 0.05) is 25.0 Å². The van der Waals surface area contributed by atoms with Crippen molar-refractivity contribution in [2.24, 2.45) is 10.9 Å². The summed E-state index contributed by atoms with van der Waals surface area (Å²) in [5.41, 5.74) is 0.842. The van der Waals surface area contributed by atoms with Gasteiger partial charge in [-0.15, -0.1) is 0 Å². The van der Waals surface area contributed by atoms with Gasteiger partial charge in [-0.1, -0.05) is 19.9 Å². The van der Waals surface area contributed by atoms with E-state index < -0.39 is 12.1 Å². The van der Waals surface area contributed by atoms with Gasteiger partial charge in [0.1, 0.15) is 0 Å². The average molecular weight is 416 g/mol. The normalized spacial score (nSPS) is 20.9. The summed E-state index contributed by atoms with van der Waals surface area (Å²) in [4.78, 5) is 4.24. The Morgan fingerprint density at radius 1 is 1.07 bits per heavy atom. The zero-order valence-corrected chi connectivity index (χ0v) is 17.8. The van der Waals surface area contributed by atoms with Gasteiger partial charge in [0.2, 0.25) is 0 Å². The van der Waals surface area contributed by atoms with E-state index >= 15 is 0 Å². The van der Waals surface area contributed by atoms with Crippen molar-refractivity contribution in [3.05, 3.63) is 23.8 Å². The van der Waals surface area contributed by atoms with E-state index in [2.05, 4.69) is 29.5 Å². The van der Waals surface area contributed by atoms with E-state index in [1.54, 1.807) is 21.3 Å². The third kappa shape index (κ3) is 6.18. The van der Waals surface area contributed by atoms with Crippen LogP contribution in [0.25, 0.3) is 0 Å². The summed E-state index contributed by atoms with van der Waals surface area (Å²) in [7, 11) is 4.87. The minimum atomic E-state index is -4.09. The maximum absolute atomic E-state index is 12.8. The van der Waals surface area contributed by atoms with Crippen LogP contribution in [0.4, 0.5) is 13.2 Å². The molecule has 0 unspecified atom stereocenters. The summed E-state index contributed by atoms with van der Waals surface area (Å²) in [5, 5.41) is 6.58. The molecule has 1 aromatic carbocycles. The molecule has 1 aliphatic rings. The van der Waals surface area contributed by atoms with Crippen molar-refractivity contribution < 1.29 is 22.6 Å². The minimum Gasteiger partial charge on any atom is -0.493 e. The standard InChI is InChI=1S/C21H32F3N3O2/c1-20(2,15-8-11-17(28-4)18(12-15)29-5)13-26-19(25-3)27-16-9-6-14(7-10-16)21(22,23)24/h8,11-12,14,16H,6-7,9-10,13H2,1-5H3,(H2,25,26,27). The molecule has 0 saturated heterocycles. The number of ether oxygens (including phenoxy) is 2. The number of guanidine groups is 1. The lowest BCUT2D eigenvalue weighted by Crippen LogP contribution is -2.48. The van der Waals surface area contributed by atoms with Gasteiger partial charge in [0.25, 0.3) is 0 Å². The molecule has 1 aromatic rings. The van der Waals surface area contributed by atoms with Crippen LogP contribution in [0.3, 0.4) is 0 Å². The first-order valence-corrected chi connectivity index (χ1v) is 9.87. The second-order valence-corrected chi connectivity index (χ2v) is 8.11. The van der Waals surface area contributed by atoms with Crippen LogP contribution in [-0.4, -0.2) is 46.0 Å². The molecule has 0 heterocycles.